The molecule has 1 saturated heterocycles. The molecule has 3 N–H and O–H groups in total. The third-order valence-corrected chi connectivity index (χ3v) is 4.07. The molecule has 2 atom stereocenters. The van der Waals surface area contributed by atoms with E-state index in [4.69, 9.17) is 5.73 Å². The van der Waals surface area contributed by atoms with Crippen molar-refractivity contribution >= 4 is 0 Å². The molecular formula is C13H29N3. The molecule has 0 aliphatic carbocycles. The zero-order valence-corrected chi connectivity index (χ0v) is 11.4. The summed E-state index contributed by atoms with van der Waals surface area (Å²) in [5, 5.41) is 3.54. The summed E-state index contributed by atoms with van der Waals surface area (Å²) in [6, 6.07) is 0.582. The Balaban J connectivity index is 2.64. The van der Waals surface area contributed by atoms with Gasteiger partial charge in [0.2, 0.25) is 0 Å². The first-order valence-electron chi connectivity index (χ1n) is 6.57. The molecule has 0 bridgehead atoms. The molecule has 1 heterocycles. The number of piperidine rings is 1. The smallest absolute Gasteiger partial charge is 0.0156 e. The molecule has 0 aromatic heterocycles. The van der Waals surface area contributed by atoms with Crippen molar-refractivity contribution in [3.8, 4) is 0 Å². The molecule has 3 nitrogen and oxygen atoms in total. The van der Waals surface area contributed by atoms with Crippen molar-refractivity contribution in [3.63, 3.8) is 0 Å². The second-order valence-electron chi connectivity index (χ2n) is 5.96. The lowest BCUT2D eigenvalue weighted by atomic mass is 9.73. The highest BCUT2D eigenvalue weighted by Gasteiger charge is 2.35. The number of rotatable bonds is 5. The average Bonchev–Trinajstić information content (AvgIpc) is 2.18. The van der Waals surface area contributed by atoms with Gasteiger partial charge in [-0.3, -0.25) is 0 Å². The lowest BCUT2D eigenvalue weighted by Crippen LogP contribution is -2.51. The summed E-state index contributed by atoms with van der Waals surface area (Å²) >= 11 is 0. The number of hydrogen-bond donors (Lipinski definition) is 2. The Hall–Kier alpha value is -0.120. The lowest BCUT2D eigenvalue weighted by molar-refractivity contribution is 0.106. The van der Waals surface area contributed by atoms with Crippen LogP contribution in [0.1, 0.15) is 33.1 Å². The Labute approximate surface area is 101 Å². The van der Waals surface area contributed by atoms with Crippen LogP contribution in [0.4, 0.5) is 0 Å². The third-order valence-electron chi connectivity index (χ3n) is 4.07. The summed E-state index contributed by atoms with van der Waals surface area (Å²) in [6.07, 6.45) is 3.78. The zero-order chi connectivity index (χ0) is 12.2. The Bertz CT molecular complexity index is 203. The Morgan fingerprint density at radius 1 is 1.50 bits per heavy atom. The first-order valence-corrected chi connectivity index (χ1v) is 6.57. The molecule has 0 aromatic rings. The fourth-order valence-electron chi connectivity index (χ4n) is 3.27. The SMILES string of the molecule is CNC(C1CCCN(C)C1)C(C)(C)CCN. The van der Waals surface area contributed by atoms with Crippen LogP contribution in [0.25, 0.3) is 0 Å². The minimum Gasteiger partial charge on any atom is -0.330 e. The van der Waals surface area contributed by atoms with Crippen molar-refractivity contribution in [2.75, 3.05) is 33.7 Å². The number of nitrogens with zero attached hydrogens (tertiary/aromatic N) is 1. The molecule has 1 aliphatic heterocycles. The van der Waals surface area contributed by atoms with Crippen molar-refractivity contribution < 1.29 is 0 Å². The molecule has 0 amide bonds. The van der Waals surface area contributed by atoms with E-state index in [9.17, 15) is 0 Å². The van der Waals surface area contributed by atoms with Gasteiger partial charge in [0.15, 0.2) is 0 Å². The second-order valence-corrected chi connectivity index (χ2v) is 5.96. The molecule has 96 valence electrons. The van der Waals surface area contributed by atoms with Crippen LogP contribution in [-0.4, -0.2) is 44.7 Å². The molecule has 1 fully saturated rings. The van der Waals surface area contributed by atoms with E-state index >= 15 is 0 Å². The van der Waals surface area contributed by atoms with Gasteiger partial charge in [-0.05, 0) is 57.8 Å². The molecule has 2 unspecified atom stereocenters. The highest BCUT2D eigenvalue weighted by Crippen LogP contribution is 2.33. The third kappa shape index (κ3) is 3.44. The van der Waals surface area contributed by atoms with Crippen LogP contribution in [-0.2, 0) is 0 Å². The van der Waals surface area contributed by atoms with Gasteiger partial charge in [0.05, 0.1) is 0 Å². The molecule has 0 aromatic carbocycles. The van der Waals surface area contributed by atoms with Gasteiger partial charge < -0.3 is 16.0 Å². The number of nitrogens with two attached hydrogens (primary N) is 1. The van der Waals surface area contributed by atoms with E-state index in [1.165, 1.54) is 25.9 Å². The minimum absolute atomic E-state index is 0.298. The minimum atomic E-state index is 0.298. The van der Waals surface area contributed by atoms with Gasteiger partial charge in [0, 0.05) is 12.6 Å². The summed E-state index contributed by atoms with van der Waals surface area (Å²) in [7, 11) is 4.33. The predicted molar refractivity (Wildman–Crippen MR) is 70.5 cm³/mol. The van der Waals surface area contributed by atoms with E-state index in [2.05, 4.69) is 38.2 Å². The van der Waals surface area contributed by atoms with Gasteiger partial charge >= 0.3 is 0 Å². The summed E-state index contributed by atoms with van der Waals surface area (Å²) in [5.74, 6) is 0.769. The Kier molecular flexibility index (Phi) is 5.22. The fraction of sp³-hybridized carbons (Fsp3) is 1.00. The molecule has 1 aliphatic rings. The van der Waals surface area contributed by atoms with E-state index in [1.54, 1.807) is 0 Å². The van der Waals surface area contributed by atoms with Crippen molar-refractivity contribution in [1.82, 2.24) is 10.2 Å². The van der Waals surface area contributed by atoms with Crippen molar-refractivity contribution in [2.45, 2.75) is 39.2 Å². The first kappa shape index (κ1) is 13.9. The molecule has 0 radical (unpaired) electrons. The number of hydrogen-bond acceptors (Lipinski definition) is 3. The Morgan fingerprint density at radius 3 is 2.69 bits per heavy atom. The molecule has 0 saturated carbocycles. The largest absolute Gasteiger partial charge is 0.330 e. The normalized spacial score (nSPS) is 25.7. The maximum Gasteiger partial charge on any atom is 0.0156 e. The maximum absolute atomic E-state index is 5.73. The highest BCUT2D eigenvalue weighted by atomic mass is 15.1. The topological polar surface area (TPSA) is 41.3 Å². The molecular weight excluding hydrogens is 198 g/mol. The van der Waals surface area contributed by atoms with E-state index in [0.29, 0.717) is 11.5 Å². The number of likely N-dealkylation sites (tertiary alicyclic amines) is 1. The summed E-state index contributed by atoms with van der Waals surface area (Å²) < 4.78 is 0. The van der Waals surface area contributed by atoms with Gasteiger partial charge in [0.1, 0.15) is 0 Å². The van der Waals surface area contributed by atoms with Gasteiger partial charge in [-0.15, -0.1) is 0 Å². The van der Waals surface area contributed by atoms with E-state index < -0.39 is 0 Å². The fourth-order valence-corrected chi connectivity index (χ4v) is 3.27. The molecule has 16 heavy (non-hydrogen) atoms. The summed E-state index contributed by atoms with van der Waals surface area (Å²) in [5.41, 5.74) is 6.02. The van der Waals surface area contributed by atoms with E-state index in [1.807, 2.05) is 0 Å². The van der Waals surface area contributed by atoms with Gasteiger partial charge in [-0.1, -0.05) is 13.8 Å². The van der Waals surface area contributed by atoms with Crippen LogP contribution in [0.2, 0.25) is 0 Å². The van der Waals surface area contributed by atoms with Crippen molar-refractivity contribution in [1.29, 1.82) is 0 Å². The van der Waals surface area contributed by atoms with Gasteiger partial charge in [0.25, 0.3) is 0 Å². The zero-order valence-electron chi connectivity index (χ0n) is 11.4. The Morgan fingerprint density at radius 2 is 2.19 bits per heavy atom. The van der Waals surface area contributed by atoms with Crippen LogP contribution >= 0.6 is 0 Å². The summed E-state index contributed by atoms with van der Waals surface area (Å²) in [6.45, 7) is 7.95. The van der Waals surface area contributed by atoms with Crippen LogP contribution in [0.5, 0.6) is 0 Å². The van der Waals surface area contributed by atoms with Gasteiger partial charge in [-0.2, -0.15) is 0 Å². The standard InChI is InChI=1S/C13H29N3/c1-13(2,7-8-14)12(15-3)11-6-5-9-16(4)10-11/h11-12,15H,5-10,14H2,1-4H3. The van der Waals surface area contributed by atoms with E-state index in [0.717, 1.165) is 18.9 Å². The monoisotopic (exact) mass is 227 g/mol. The quantitative estimate of drug-likeness (QED) is 0.744. The van der Waals surface area contributed by atoms with Gasteiger partial charge in [-0.25, -0.2) is 0 Å². The maximum atomic E-state index is 5.73. The highest BCUT2D eigenvalue weighted by molar-refractivity contribution is 4.91. The second kappa shape index (κ2) is 5.99. The summed E-state index contributed by atoms with van der Waals surface area (Å²) in [4.78, 5) is 2.46. The van der Waals surface area contributed by atoms with Crippen molar-refractivity contribution in [3.05, 3.63) is 0 Å². The first-order chi connectivity index (χ1) is 7.51. The molecule has 1 rings (SSSR count). The van der Waals surface area contributed by atoms with Crippen LogP contribution in [0.15, 0.2) is 0 Å². The van der Waals surface area contributed by atoms with Crippen molar-refractivity contribution in [2.24, 2.45) is 17.1 Å². The molecule has 3 heteroatoms. The van der Waals surface area contributed by atoms with Crippen LogP contribution in [0.3, 0.4) is 0 Å². The van der Waals surface area contributed by atoms with Crippen LogP contribution < -0.4 is 11.1 Å². The molecule has 0 spiro atoms. The average molecular weight is 227 g/mol. The predicted octanol–water partition coefficient (Wildman–Crippen LogP) is 1.29. The van der Waals surface area contributed by atoms with Crippen LogP contribution in [0, 0.1) is 11.3 Å². The number of nitrogens with one attached hydrogen (secondary N) is 1. The van der Waals surface area contributed by atoms with E-state index in [-0.39, 0.29) is 0 Å². The lowest BCUT2D eigenvalue weighted by Gasteiger charge is -2.43.